The van der Waals surface area contributed by atoms with Crippen molar-refractivity contribution in [3.63, 3.8) is 0 Å². The third-order valence-corrected chi connectivity index (χ3v) is 7.88. The van der Waals surface area contributed by atoms with Gasteiger partial charge in [-0.25, -0.2) is 19.4 Å². The fourth-order valence-electron chi connectivity index (χ4n) is 4.16. The largest absolute Gasteiger partial charge is 0.326 e. The van der Waals surface area contributed by atoms with Gasteiger partial charge in [-0.3, -0.25) is 15.4 Å². The van der Waals surface area contributed by atoms with Crippen LogP contribution in [0.3, 0.4) is 0 Å². The molecule has 2 aliphatic carbocycles. The van der Waals surface area contributed by atoms with Crippen molar-refractivity contribution in [2.75, 3.05) is 16.0 Å². The molecule has 3 heterocycles. The number of thiazole rings is 1. The summed E-state index contributed by atoms with van der Waals surface area (Å²) in [5.41, 5.74) is 1.96. The summed E-state index contributed by atoms with van der Waals surface area (Å²) < 4.78 is 1.92. The lowest BCUT2D eigenvalue weighted by atomic mass is 9.85. The van der Waals surface area contributed by atoms with E-state index >= 15 is 0 Å². The van der Waals surface area contributed by atoms with Gasteiger partial charge in [0.25, 0.3) is 0 Å². The van der Waals surface area contributed by atoms with E-state index in [4.69, 9.17) is 5.10 Å². The quantitative estimate of drug-likeness (QED) is 0.339. The molecule has 3 N–H and O–H groups in total. The maximum atomic E-state index is 12.7. The number of carbonyl (C=O) groups is 2. The number of pyridine rings is 1. The molecule has 0 aromatic carbocycles. The molecule has 0 aliphatic heterocycles. The van der Waals surface area contributed by atoms with E-state index in [-0.39, 0.29) is 23.3 Å². The van der Waals surface area contributed by atoms with Crippen LogP contribution in [0.5, 0.6) is 0 Å². The van der Waals surface area contributed by atoms with Crippen molar-refractivity contribution in [1.82, 2.24) is 19.7 Å². The molecule has 2 aliphatic rings. The van der Waals surface area contributed by atoms with E-state index in [2.05, 4.69) is 46.7 Å². The first kappa shape index (κ1) is 25.4. The van der Waals surface area contributed by atoms with Crippen LogP contribution in [0.4, 0.5) is 21.6 Å². The second kappa shape index (κ2) is 10.6. The van der Waals surface area contributed by atoms with Gasteiger partial charge < -0.3 is 5.32 Å². The Labute approximate surface area is 221 Å². The third-order valence-electron chi connectivity index (χ3n) is 6.90. The number of nitrogens with one attached hydrogen (secondary N) is 3. The zero-order valence-corrected chi connectivity index (χ0v) is 22.5. The lowest BCUT2D eigenvalue weighted by molar-refractivity contribution is -0.122. The van der Waals surface area contributed by atoms with E-state index < -0.39 is 0 Å². The monoisotopic (exact) mass is 521 g/mol. The Morgan fingerprint density at radius 3 is 2.57 bits per heavy atom. The van der Waals surface area contributed by atoms with Crippen LogP contribution in [0.1, 0.15) is 69.0 Å². The number of amides is 3. The number of rotatable bonds is 9. The molecular formula is C27H35N7O2S. The van der Waals surface area contributed by atoms with Crippen LogP contribution in [0.2, 0.25) is 0 Å². The first-order chi connectivity index (χ1) is 17.7. The Balaban J connectivity index is 1.14. The minimum Gasteiger partial charge on any atom is -0.310 e. The molecule has 0 spiro atoms. The van der Waals surface area contributed by atoms with Crippen LogP contribution < -0.4 is 16.0 Å². The molecule has 0 unspecified atom stereocenters. The standard InChI is InChI=1S/C27H35N7O2S/c1-27(2,3)21-14-23(34(33-21)16-18-7-8-18)31-25(36)32-26-29-15-20(37-26)10-9-17-11-12-28-22(13-17)30-24(35)19-5-4-6-19/h11-15,18-19H,4-10,16H2,1-3H3,(H,28,30,35)(H2,29,31,32,36). The summed E-state index contributed by atoms with van der Waals surface area (Å²) in [7, 11) is 0. The van der Waals surface area contributed by atoms with Gasteiger partial charge in [0.1, 0.15) is 11.6 Å². The Kier molecular flexibility index (Phi) is 7.28. The highest BCUT2D eigenvalue weighted by atomic mass is 32.1. The maximum absolute atomic E-state index is 12.7. The van der Waals surface area contributed by atoms with Crippen LogP contribution in [0.15, 0.2) is 30.6 Å². The average Bonchev–Trinajstić information content (AvgIpc) is 3.35. The van der Waals surface area contributed by atoms with Gasteiger partial charge in [0.2, 0.25) is 5.91 Å². The van der Waals surface area contributed by atoms with Gasteiger partial charge in [-0.2, -0.15) is 5.10 Å². The Hall–Kier alpha value is -3.27. The molecule has 9 nitrogen and oxygen atoms in total. The summed E-state index contributed by atoms with van der Waals surface area (Å²) in [5, 5.41) is 14.1. The van der Waals surface area contributed by atoms with Crippen molar-refractivity contribution in [3.8, 4) is 0 Å². The van der Waals surface area contributed by atoms with Gasteiger partial charge in [0, 0.05) is 41.2 Å². The zero-order chi connectivity index (χ0) is 26.0. The van der Waals surface area contributed by atoms with Crippen molar-refractivity contribution in [1.29, 1.82) is 0 Å². The van der Waals surface area contributed by atoms with Gasteiger partial charge in [0.15, 0.2) is 5.13 Å². The third kappa shape index (κ3) is 6.74. The number of nitrogens with zero attached hydrogens (tertiary/aromatic N) is 4. The highest BCUT2D eigenvalue weighted by molar-refractivity contribution is 7.15. The maximum Gasteiger partial charge on any atom is 0.326 e. The topological polar surface area (TPSA) is 114 Å². The number of hydrogen-bond donors (Lipinski definition) is 3. The predicted molar refractivity (Wildman–Crippen MR) is 146 cm³/mol. The Morgan fingerprint density at radius 1 is 1.05 bits per heavy atom. The molecule has 2 fully saturated rings. The van der Waals surface area contributed by atoms with E-state index in [0.717, 1.165) is 54.8 Å². The second-order valence-corrected chi connectivity index (χ2v) is 12.3. The predicted octanol–water partition coefficient (Wildman–Crippen LogP) is 5.61. The summed E-state index contributed by atoms with van der Waals surface area (Å²) in [6.45, 7) is 7.19. The number of hydrogen-bond acceptors (Lipinski definition) is 6. The smallest absolute Gasteiger partial charge is 0.310 e. The van der Waals surface area contributed by atoms with Crippen LogP contribution >= 0.6 is 11.3 Å². The lowest BCUT2D eigenvalue weighted by Crippen LogP contribution is -2.28. The van der Waals surface area contributed by atoms with Crippen molar-refractivity contribution < 1.29 is 9.59 Å². The number of aromatic nitrogens is 4. The molecule has 2 saturated carbocycles. The summed E-state index contributed by atoms with van der Waals surface area (Å²) in [6.07, 6.45) is 10.6. The minimum absolute atomic E-state index is 0.0672. The fraction of sp³-hybridized carbons (Fsp3) is 0.519. The van der Waals surface area contributed by atoms with Gasteiger partial charge in [-0.1, -0.05) is 27.2 Å². The summed E-state index contributed by atoms with van der Waals surface area (Å²) in [5.74, 6) is 2.16. The van der Waals surface area contributed by atoms with Gasteiger partial charge in [-0.05, 0) is 62.1 Å². The van der Waals surface area contributed by atoms with E-state index in [1.54, 1.807) is 12.4 Å². The normalized spacial score (nSPS) is 15.8. The van der Waals surface area contributed by atoms with Crippen LogP contribution in [0, 0.1) is 11.8 Å². The molecule has 0 bridgehead atoms. The van der Waals surface area contributed by atoms with Gasteiger partial charge in [-0.15, -0.1) is 11.3 Å². The summed E-state index contributed by atoms with van der Waals surface area (Å²) in [4.78, 5) is 34.7. The number of carbonyl (C=O) groups excluding carboxylic acids is 2. The van der Waals surface area contributed by atoms with Crippen molar-refractivity contribution in [2.45, 2.75) is 77.7 Å². The summed E-state index contributed by atoms with van der Waals surface area (Å²) in [6, 6.07) is 5.54. The Bertz CT molecular complexity index is 1270. The number of aryl methyl sites for hydroxylation is 2. The van der Waals surface area contributed by atoms with Crippen molar-refractivity contribution in [2.24, 2.45) is 11.8 Å². The molecule has 0 atom stereocenters. The van der Waals surface area contributed by atoms with Gasteiger partial charge >= 0.3 is 6.03 Å². The van der Waals surface area contributed by atoms with E-state index in [1.807, 2.05) is 22.9 Å². The van der Waals surface area contributed by atoms with E-state index in [1.165, 1.54) is 24.2 Å². The molecule has 3 aromatic heterocycles. The molecule has 0 radical (unpaired) electrons. The van der Waals surface area contributed by atoms with Crippen LogP contribution in [0.25, 0.3) is 0 Å². The van der Waals surface area contributed by atoms with Crippen LogP contribution in [-0.4, -0.2) is 31.7 Å². The molecule has 5 rings (SSSR count). The first-order valence-corrected chi connectivity index (χ1v) is 13.9. The second-order valence-electron chi connectivity index (χ2n) is 11.2. The highest BCUT2D eigenvalue weighted by Crippen LogP contribution is 2.33. The SMILES string of the molecule is CC(C)(C)c1cc(NC(=O)Nc2ncc(CCc3ccnc(NC(=O)C4CCC4)c3)s2)n(CC2CC2)n1. The molecule has 10 heteroatoms. The molecule has 196 valence electrons. The number of urea groups is 1. The molecule has 37 heavy (non-hydrogen) atoms. The summed E-state index contributed by atoms with van der Waals surface area (Å²) >= 11 is 1.46. The molecular weight excluding hydrogens is 486 g/mol. The molecule has 3 aromatic rings. The fourth-order valence-corrected chi connectivity index (χ4v) is 4.97. The van der Waals surface area contributed by atoms with Gasteiger partial charge in [0.05, 0.1) is 5.69 Å². The highest BCUT2D eigenvalue weighted by Gasteiger charge is 2.27. The van der Waals surface area contributed by atoms with E-state index in [0.29, 0.717) is 22.7 Å². The Morgan fingerprint density at radius 2 is 1.86 bits per heavy atom. The lowest BCUT2D eigenvalue weighted by Gasteiger charge is -2.23. The number of anilines is 3. The van der Waals surface area contributed by atoms with Crippen molar-refractivity contribution in [3.05, 3.63) is 46.7 Å². The van der Waals surface area contributed by atoms with E-state index in [9.17, 15) is 9.59 Å². The zero-order valence-electron chi connectivity index (χ0n) is 21.7. The molecule has 3 amide bonds. The van der Waals surface area contributed by atoms with Crippen LogP contribution in [-0.2, 0) is 29.6 Å². The average molecular weight is 522 g/mol. The first-order valence-electron chi connectivity index (χ1n) is 13.1. The van der Waals surface area contributed by atoms with Crippen molar-refractivity contribution >= 4 is 40.0 Å². The molecule has 0 saturated heterocycles. The minimum atomic E-state index is -0.320.